The quantitative estimate of drug-likeness (QED) is 0.746. The van der Waals surface area contributed by atoms with E-state index >= 15 is 0 Å². The van der Waals surface area contributed by atoms with Gasteiger partial charge in [0.1, 0.15) is 0 Å². The average Bonchev–Trinajstić information content (AvgIpc) is 2.67. The molecule has 1 aromatic carbocycles. The number of nitrogens with one attached hydrogen (secondary N) is 1. The molecule has 2 rings (SSSR count). The van der Waals surface area contributed by atoms with Crippen molar-refractivity contribution in [2.24, 2.45) is 0 Å². The van der Waals surface area contributed by atoms with Crippen LogP contribution in [0.3, 0.4) is 0 Å². The summed E-state index contributed by atoms with van der Waals surface area (Å²) in [5.74, 6) is 0.171. The minimum Gasteiger partial charge on any atom is -0.341 e. The molecule has 1 heterocycles. The van der Waals surface area contributed by atoms with E-state index in [1.165, 1.54) is 4.31 Å². The molecule has 1 atom stereocenters. The van der Waals surface area contributed by atoms with Gasteiger partial charge in [0, 0.05) is 38.6 Å². The van der Waals surface area contributed by atoms with Gasteiger partial charge in [0.25, 0.3) is 0 Å². The van der Waals surface area contributed by atoms with Crippen LogP contribution in [-0.4, -0.2) is 62.8 Å². The summed E-state index contributed by atoms with van der Waals surface area (Å²) in [4.78, 5) is 14.7. The van der Waals surface area contributed by atoms with Crippen LogP contribution in [0.2, 0.25) is 0 Å². The van der Waals surface area contributed by atoms with Gasteiger partial charge in [-0.15, -0.1) is 0 Å². The molecule has 0 spiro atoms. The van der Waals surface area contributed by atoms with Crippen LogP contribution in [0.15, 0.2) is 29.2 Å². The van der Waals surface area contributed by atoms with E-state index < -0.39 is 10.0 Å². The van der Waals surface area contributed by atoms with Gasteiger partial charge in [0.05, 0.1) is 4.90 Å². The smallest absolute Gasteiger partial charge is 0.243 e. The van der Waals surface area contributed by atoms with E-state index in [4.69, 9.17) is 0 Å². The molecule has 1 fully saturated rings. The monoisotopic (exact) mass is 381 g/mol. The number of hydrogen-bond acceptors (Lipinski definition) is 4. The third kappa shape index (κ3) is 5.05. The van der Waals surface area contributed by atoms with Crippen molar-refractivity contribution >= 4 is 15.9 Å². The largest absolute Gasteiger partial charge is 0.341 e. The van der Waals surface area contributed by atoms with Crippen molar-refractivity contribution < 1.29 is 13.2 Å². The highest BCUT2D eigenvalue weighted by Gasteiger charge is 2.23. The second-order valence-electron chi connectivity index (χ2n) is 6.70. The Hall–Kier alpha value is -1.44. The van der Waals surface area contributed by atoms with Crippen LogP contribution in [0, 0.1) is 0 Å². The zero-order chi connectivity index (χ0) is 19.2. The van der Waals surface area contributed by atoms with Crippen LogP contribution < -0.4 is 5.32 Å². The van der Waals surface area contributed by atoms with Gasteiger partial charge in [-0.3, -0.25) is 4.79 Å². The molecule has 1 amide bonds. The lowest BCUT2D eigenvalue weighted by Gasteiger charge is -2.32. The summed E-state index contributed by atoms with van der Waals surface area (Å²) in [7, 11) is -1.49. The summed E-state index contributed by atoms with van der Waals surface area (Å²) in [5.41, 5.74) is 0.985. The normalized spacial score (nSPS) is 18.3. The van der Waals surface area contributed by atoms with Crippen molar-refractivity contribution in [2.75, 3.05) is 33.2 Å². The number of sulfonamides is 1. The van der Waals surface area contributed by atoms with Crippen molar-refractivity contribution in [2.45, 2.75) is 50.5 Å². The molecule has 0 aliphatic carbocycles. The summed E-state index contributed by atoms with van der Waals surface area (Å²) in [6.45, 7) is 6.19. The van der Waals surface area contributed by atoms with Crippen molar-refractivity contribution in [1.29, 1.82) is 0 Å². The van der Waals surface area contributed by atoms with Crippen molar-refractivity contribution in [3.8, 4) is 0 Å². The Morgan fingerprint density at radius 2 is 1.88 bits per heavy atom. The molecular formula is C19H31N3O3S. The fraction of sp³-hybridized carbons (Fsp3) is 0.632. The maximum atomic E-state index is 12.5. The van der Waals surface area contributed by atoms with Crippen LogP contribution in [0.25, 0.3) is 0 Å². The molecule has 7 heteroatoms. The van der Waals surface area contributed by atoms with E-state index in [1.54, 1.807) is 12.1 Å². The van der Waals surface area contributed by atoms with Gasteiger partial charge in [0.2, 0.25) is 15.9 Å². The van der Waals surface area contributed by atoms with Crippen LogP contribution in [0.5, 0.6) is 0 Å². The Labute approximate surface area is 157 Å². The lowest BCUT2D eigenvalue weighted by atomic mass is 10.0. The number of hydrogen-bond donors (Lipinski definition) is 1. The van der Waals surface area contributed by atoms with Crippen LogP contribution in [0.1, 0.15) is 38.7 Å². The van der Waals surface area contributed by atoms with Crippen molar-refractivity contribution in [3.05, 3.63) is 29.8 Å². The fourth-order valence-corrected chi connectivity index (χ4v) is 4.85. The van der Waals surface area contributed by atoms with Crippen molar-refractivity contribution in [1.82, 2.24) is 14.5 Å². The molecule has 26 heavy (non-hydrogen) atoms. The van der Waals surface area contributed by atoms with E-state index in [0.717, 1.165) is 31.5 Å². The van der Waals surface area contributed by atoms with E-state index in [1.807, 2.05) is 37.9 Å². The molecular weight excluding hydrogens is 350 g/mol. The number of carbonyl (C=O) groups is 1. The first-order valence-electron chi connectivity index (χ1n) is 9.46. The summed E-state index contributed by atoms with van der Waals surface area (Å²) in [5, 5.41) is 3.25. The summed E-state index contributed by atoms with van der Waals surface area (Å²) < 4.78 is 26.4. The molecule has 1 aliphatic rings. The van der Waals surface area contributed by atoms with Crippen LogP contribution in [0.4, 0.5) is 0 Å². The molecule has 0 aromatic heterocycles. The van der Waals surface area contributed by atoms with Gasteiger partial charge in [-0.25, -0.2) is 8.42 Å². The molecule has 1 aliphatic heterocycles. The molecule has 1 saturated heterocycles. The van der Waals surface area contributed by atoms with Crippen LogP contribution >= 0.6 is 0 Å². The Balaban J connectivity index is 1.94. The third-order valence-corrected chi connectivity index (χ3v) is 7.14. The van der Waals surface area contributed by atoms with Crippen LogP contribution in [-0.2, 0) is 21.2 Å². The minimum absolute atomic E-state index is 0.171. The van der Waals surface area contributed by atoms with Crippen molar-refractivity contribution in [3.63, 3.8) is 0 Å². The molecule has 0 bridgehead atoms. The highest BCUT2D eigenvalue weighted by molar-refractivity contribution is 7.89. The zero-order valence-corrected chi connectivity index (χ0v) is 16.9. The minimum atomic E-state index is -3.42. The predicted octanol–water partition coefficient (Wildman–Crippen LogP) is 1.86. The fourth-order valence-electron chi connectivity index (χ4n) is 3.39. The highest BCUT2D eigenvalue weighted by Crippen LogP contribution is 2.17. The second-order valence-corrected chi connectivity index (χ2v) is 8.64. The molecule has 6 nitrogen and oxygen atoms in total. The molecule has 1 aromatic rings. The number of amides is 1. The SMILES string of the molecule is CCN(CC)S(=O)(=O)c1ccc(CCC(=O)N2CCCC(NC)C2)cc1. The number of rotatable bonds is 8. The zero-order valence-electron chi connectivity index (χ0n) is 16.1. The third-order valence-electron chi connectivity index (χ3n) is 5.08. The summed E-state index contributed by atoms with van der Waals surface area (Å²) in [6.07, 6.45) is 3.24. The molecule has 0 radical (unpaired) electrons. The molecule has 146 valence electrons. The van der Waals surface area contributed by atoms with Gasteiger partial charge < -0.3 is 10.2 Å². The van der Waals surface area contributed by atoms with Gasteiger partial charge in [-0.05, 0) is 44.0 Å². The predicted molar refractivity (Wildman–Crippen MR) is 104 cm³/mol. The number of likely N-dealkylation sites (N-methyl/N-ethyl adjacent to an activating group) is 1. The molecule has 0 saturated carbocycles. The van der Waals surface area contributed by atoms with Gasteiger partial charge >= 0.3 is 0 Å². The number of piperidine rings is 1. The Morgan fingerprint density at radius 1 is 1.23 bits per heavy atom. The molecule has 1 unspecified atom stereocenters. The topological polar surface area (TPSA) is 69.7 Å². The van der Waals surface area contributed by atoms with Gasteiger partial charge in [0.15, 0.2) is 0 Å². The van der Waals surface area contributed by atoms with E-state index in [-0.39, 0.29) is 5.91 Å². The van der Waals surface area contributed by atoms with E-state index in [0.29, 0.717) is 36.9 Å². The average molecular weight is 382 g/mol. The number of nitrogens with zero attached hydrogens (tertiary/aromatic N) is 2. The second kappa shape index (κ2) is 9.48. The molecule has 1 N–H and O–H groups in total. The lowest BCUT2D eigenvalue weighted by Crippen LogP contribution is -2.47. The number of carbonyl (C=O) groups excluding carboxylic acids is 1. The highest BCUT2D eigenvalue weighted by atomic mass is 32.2. The lowest BCUT2D eigenvalue weighted by molar-refractivity contribution is -0.132. The summed E-state index contributed by atoms with van der Waals surface area (Å²) >= 11 is 0. The van der Waals surface area contributed by atoms with E-state index in [2.05, 4.69) is 5.32 Å². The summed E-state index contributed by atoms with van der Waals surface area (Å²) in [6, 6.07) is 7.31. The van der Waals surface area contributed by atoms with Gasteiger partial charge in [-0.1, -0.05) is 26.0 Å². The maximum absolute atomic E-state index is 12.5. The number of aryl methyl sites for hydroxylation is 1. The first kappa shape index (κ1) is 20.9. The first-order chi connectivity index (χ1) is 12.4. The standard InChI is InChI=1S/C19H31N3O3S/c1-4-22(5-2)26(24,25)18-11-8-16(9-12-18)10-13-19(23)21-14-6-7-17(15-21)20-3/h8-9,11-12,17,20H,4-7,10,13-15H2,1-3H3. The Morgan fingerprint density at radius 3 is 2.46 bits per heavy atom. The first-order valence-corrected chi connectivity index (χ1v) is 10.9. The Bertz CT molecular complexity index is 684. The number of benzene rings is 1. The number of likely N-dealkylation sites (tertiary alicyclic amines) is 1. The maximum Gasteiger partial charge on any atom is 0.243 e. The van der Waals surface area contributed by atoms with E-state index in [9.17, 15) is 13.2 Å². The van der Waals surface area contributed by atoms with Gasteiger partial charge in [-0.2, -0.15) is 4.31 Å². The Kier molecular flexibility index (Phi) is 7.61.